The highest BCUT2D eigenvalue weighted by Gasteiger charge is 2.65. The van der Waals surface area contributed by atoms with Gasteiger partial charge >= 0.3 is 5.63 Å². The Labute approximate surface area is 170 Å². The first-order valence-electron chi connectivity index (χ1n) is 8.97. The molecule has 1 aliphatic carbocycles. The van der Waals surface area contributed by atoms with Crippen LogP contribution in [-0.2, 0) is 11.8 Å². The van der Waals surface area contributed by atoms with E-state index < -0.39 is 22.4 Å². The van der Waals surface area contributed by atoms with Crippen LogP contribution in [0.3, 0.4) is 0 Å². The van der Waals surface area contributed by atoms with E-state index in [9.17, 15) is 30.9 Å². The summed E-state index contributed by atoms with van der Waals surface area (Å²) >= 11 is 0. The van der Waals surface area contributed by atoms with Gasteiger partial charge in [-0.15, -0.1) is 0 Å². The molecule has 7 nitrogen and oxygen atoms in total. The molecule has 1 heterocycles. The summed E-state index contributed by atoms with van der Waals surface area (Å²) in [5.41, 5.74) is -4.72. The van der Waals surface area contributed by atoms with Crippen LogP contribution in [0.2, 0.25) is 0 Å². The predicted octanol–water partition coefficient (Wildman–Crippen LogP) is 3.16. The van der Waals surface area contributed by atoms with Crippen LogP contribution in [-0.4, -0.2) is 5.11 Å². The molecular formula is C23H12N4O3. The van der Waals surface area contributed by atoms with E-state index >= 15 is 0 Å². The van der Waals surface area contributed by atoms with Gasteiger partial charge in [0, 0.05) is 17.4 Å². The van der Waals surface area contributed by atoms with E-state index in [1.165, 1.54) is 18.2 Å². The van der Waals surface area contributed by atoms with Crippen molar-refractivity contribution >= 4 is 11.0 Å². The van der Waals surface area contributed by atoms with Crippen molar-refractivity contribution in [3.63, 3.8) is 0 Å². The molecule has 0 amide bonds. The van der Waals surface area contributed by atoms with Gasteiger partial charge in [-0.05, 0) is 29.7 Å². The zero-order chi connectivity index (χ0) is 21.5. The van der Waals surface area contributed by atoms with E-state index in [1.54, 1.807) is 30.3 Å². The Balaban J connectivity index is 2.21. The fourth-order valence-corrected chi connectivity index (χ4v) is 4.38. The molecule has 0 bridgehead atoms. The van der Waals surface area contributed by atoms with Crippen LogP contribution in [0.15, 0.2) is 57.7 Å². The molecule has 1 N–H and O–H groups in total. The second-order valence-corrected chi connectivity index (χ2v) is 7.10. The van der Waals surface area contributed by atoms with Gasteiger partial charge < -0.3 is 9.52 Å². The summed E-state index contributed by atoms with van der Waals surface area (Å²) < 4.78 is 5.29. The number of phenols is 1. The van der Waals surface area contributed by atoms with Gasteiger partial charge in [-0.25, -0.2) is 4.79 Å². The molecule has 4 rings (SSSR count). The fourth-order valence-electron chi connectivity index (χ4n) is 4.38. The molecule has 7 heteroatoms. The molecule has 0 aliphatic heterocycles. The smallest absolute Gasteiger partial charge is 0.342 e. The van der Waals surface area contributed by atoms with Crippen LogP contribution in [0.25, 0.3) is 11.0 Å². The van der Waals surface area contributed by atoms with Gasteiger partial charge in [0.25, 0.3) is 0 Å². The molecule has 3 aromatic rings. The standard InChI is InChI=1S/C23H12N4O3/c24-10-22(11-25)18(14-4-2-1-3-5-14)9-17-16-7-6-15(28)8-19(16)30-21(29)20(17)23(22,12-26)13-27/h1-8,18,28H,9H2/t18-/m0/s1. The highest BCUT2D eigenvalue weighted by atomic mass is 16.4. The minimum atomic E-state index is -2.36. The summed E-state index contributed by atoms with van der Waals surface area (Å²) in [6, 6.07) is 20.3. The first-order valence-corrected chi connectivity index (χ1v) is 8.97. The highest BCUT2D eigenvalue weighted by molar-refractivity contribution is 5.84. The molecule has 0 saturated carbocycles. The van der Waals surface area contributed by atoms with Gasteiger partial charge in [0.05, 0.1) is 29.8 Å². The summed E-state index contributed by atoms with van der Waals surface area (Å²) in [5.74, 6) is -0.962. The molecular weight excluding hydrogens is 380 g/mol. The number of phenolic OH excluding ortho intramolecular Hbond substituents is 1. The number of hydrogen-bond acceptors (Lipinski definition) is 7. The monoisotopic (exact) mass is 392 g/mol. The lowest BCUT2D eigenvalue weighted by atomic mass is 9.50. The minimum absolute atomic E-state index is 0.0679. The highest BCUT2D eigenvalue weighted by Crippen LogP contribution is 2.56. The SMILES string of the molecule is N#CC1(C#N)c2c(c3ccc(O)cc3oc2=O)C[C@@H](c2ccccc2)C1(C#N)C#N. The Morgan fingerprint density at radius 2 is 1.63 bits per heavy atom. The van der Waals surface area contributed by atoms with E-state index in [4.69, 9.17) is 4.42 Å². The molecule has 0 spiro atoms. The van der Waals surface area contributed by atoms with Crippen LogP contribution in [0.4, 0.5) is 0 Å². The van der Waals surface area contributed by atoms with Crippen molar-refractivity contribution in [1.82, 2.24) is 0 Å². The predicted molar refractivity (Wildman–Crippen MR) is 104 cm³/mol. The van der Waals surface area contributed by atoms with E-state index in [2.05, 4.69) is 0 Å². The van der Waals surface area contributed by atoms with E-state index in [-0.39, 0.29) is 23.3 Å². The lowest BCUT2D eigenvalue weighted by molar-refractivity contribution is 0.287. The van der Waals surface area contributed by atoms with Gasteiger partial charge in [-0.1, -0.05) is 30.3 Å². The second-order valence-electron chi connectivity index (χ2n) is 7.10. The first-order chi connectivity index (χ1) is 14.5. The molecule has 1 aromatic heterocycles. The summed E-state index contributed by atoms with van der Waals surface area (Å²) in [6.07, 6.45) is 0.0679. The van der Waals surface area contributed by atoms with Crippen LogP contribution in [0, 0.1) is 50.7 Å². The third-order valence-corrected chi connectivity index (χ3v) is 5.79. The van der Waals surface area contributed by atoms with Crippen molar-refractivity contribution < 1.29 is 9.52 Å². The Morgan fingerprint density at radius 3 is 2.23 bits per heavy atom. The zero-order valence-corrected chi connectivity index (χ0v) is 15.5. The van der Waals surface area contributed by atoms with Crippen molar-refractivity contribution in [2.75, 3.05) is 0 Å². The lowest BCUT2D eigenvalue weighted by Crippen LogP contribution is -2.53. The van der Waals surface area contributed by atoms with Crippen LogP contribution < -0.4 is 5.63 Å². The zero-order valence-electron chi connectivity index (χ0n) is 15.5. The van der Waals surface area contributed by atoms with Crippen LogP contribution in [0.1, 0.15) is 22.6 Å². The molecule has 1 atom stereocenters. The first kappa shape index (κ1) is 18.8. The number of nitriles is 4. The Kier molecular flexibility index (Phi) is 4.06. The maximum absolute atomic E-state index is 12.9. The van der Waals surface area contributed by atoms with Gasteiger partial charge in [-0.2, -0.15) is 21.0 Å². The van der Waals surface area contributed by atoms with E-state index in [0.717, 1.165) is 0 Å². The van der Waals surface area contributed by atoms with Crippen LogP contribution in [0.5, 0.6) is 5.75 Å². The molecule has 142 valence electrons. The number of benzene rings is 2. The third kappa shape index (κ3) is 2.18. The van der Waals surface area contributed by atoms with Gasteiger partial charge in [-0.3, -0.25) is 0 Å². The van der Waals surface area contributed by atoms with Crippen molar-refractivity contribution in [3.8, 4) is 30.0 Å². The number of nitrogens with zero attached hydrogens (tertiary/aromatic N) is 4. The lowest BCUT2D eigenvalue weighted by Gasteiger charge is -2.42. The van der Waals surface area contributed by atoms with Crippen LogP contribution >= 0.6 is 0 Å². The number of hydrogen-bond donors (Lipinski definition) is 1. The fraction of sp³-hybridized carbons (Fsp3) is 0.174. The quantitative estimate of drug-likeness (QED) is 0.626. The molecule has 2 aromatic carbocycles. The largest absolute Gasteiger partial charge is 0.508 e. The third-order valence-electron chi connectivity index (χ3n) is 5.79. The Hall–Kier alpha value is -4.59. The second kappa shape index (κ2) is 6.49. The van der Waals surface area contributed by atoms with E-state index in [0.29, 0.717) is 16.5 Å². The normalized spacial score (nSPS) is 18.2. The molecule has 0 saturated heterocycles. The molecule has 30 heavy (non-hydrogen) atoms. The Morgan fingerprint density at radius 1 is 0.967 bits per heavy atom. The minimum Gasteiger partial charge on any atom is -0.508 e. The van der Waals surface area contributed by atoms with Crippen molar-refractivity contribution in [1.29, 1.82) is 21.0 Å². The van der Waals surface area contributed by atoms with Gasteiger partial charge in [0.1, 0.15) is 11.3 Å². The molecule has 0 unspecified atom stereocenters. The maximum Gasteiger partial charge on any atom is 0.342 e. The number of aromatic hydroxyl groups is 1. The summed E-state index contributed by atoms with van der Waals surface area (Å²) in [4.78, 5) is 12.9. The summed E-state index contributed by atoms with van der Waals surface area (Å²) in [5, 5.41) is 50.6. The number of rotatable bonds is 1. The average molecular weight is 392 g/mol. The van der Waals surface area contributed by atoms with Crippen molar-refractivity contribution in [2.45, 2.75) is 17.8 Å². The van der Waals surface area contributed by atoms with Crippen molar-refractivity contribution in [3.05, 3.63) is 75.6 Å². The van der Waals surface area contributed by atoms with Gasteiger partial charge in [0.15, 0.2) is 5.41 Å². The maximum atomic E-state index is 12.9. The molecule has 0 fully saturated rings. The summed E-state index contributed by atoms with van der Waals surface area (Å²) in [7, 11) is 0. The molecule has 1 aliphatic rings. The number of fused-ring (bicyclic) bond motifs is 3. The molecule has 0 radical (unpaired) electrons. The van der Waals surface area contributed by atoms with Gasteiger partial charge in [0.2, 0.25) is 5.41 Å². The average Bonchev–Trinajstić information content (AvgIpc) is 2.78. The van der Waals surface area contributed by atoms with E-state index in [1.807, 2.05) is 24.3 Å². The summed E-state index contributed by atoms with van der Waals surface area (Å²) in [6.45, 7) is 0. The topological polar surface area (TPSA) is 146 Å². The Bertz CT molecular complexity index is 1380. The van der Waals surface area contributed by atoms with Crippen molar-refractivity contribution in [2.24, 2.45) is 5.41 Å².